The molecular weight excluding hydrogens is 328 g/mol. The van der Waals surface area contributed by atoms with Crippen LogP contribution in [-0.2, 0) is 5.92 Å². The first kappa shape index (κ1) is 17.3. The van der Waals surface area contributed by atoms with Gasteiger partial charge in [-0.25, -0.2) is 18.6 Å². The smallest absolute Gasteiger partial charge is 0.314 e. The number of nitrogens with one attached hydrogen (secondary N) is 2. The highest BCUT2D eigenvalue weighted by Crippen LogP contribution is 2.31. The van der Waals surface area contributed by atoms with Crippen LogP contribution < -0.4 is 5.32 Å². The molecule has 1 saturated heterocycles. The zero-order valence-corrected chi connectivity index (χ0v) is 14.2. The Labute approximate surface area is 144 Å². The molecule has 2 N–H and O–H groups in total. The third kappa shape index (κ3) is 3.94. The minimum Gasteiger partial charge on any atom is -0.314 e. The summed E-state index contributed by atoms with van der Waals surface area (Å²) in [5.41, 5.74) is 0.213. The van der Waals surface area contributed by atoms with Crippen LogP contribution in [0.1, 0.15) is 49.4 Å². The lowest BCUT2D eigenvalue weighted by Gasteiger charge is -2.34. The van der Waals surface area contributed by atoms with E-state index in [9.17, 15) is 13.6 Å². The lowest BCUT2D eigenvalue weighted by atomic mass is 10.0. The second-order valence-electron chi connectivity index (χ2n) is 6.38. The van der Waals surface area contributed by atoms with Crippen LogP contribution in [0.2, 0.25) is 0 Å². The SMILES string of the molecule is Cc1nc([C@@H]2CCCCN2C(=O)Nc2cccc(C(C)(F)F)c2)n[nH]1. The highest BCUT2D eigenvalue weighted by molar-refractivity contribution is 5.89. The fourth-order valence-corrected chi connectivity index (χ4v) is 3.02. The summed E-state index contributed by atoms with van der Waals surface area (Å²) in [4.78, 5) is 18.7. The molecular formula is C17H21F2N5O. The number of alkyl halides is 2. The minimum atomic E-state index is -2.95. The van der Waals surface area contributed by atoms with E-state index in [0.29, 0.717) is 23.9 Å². The van der Waals surface area contributed by atoms with Crippen molar-refractivity contribution >= 4 is 11.7 Å². The van der Waals surface area contributed by atoms with Crippen molar-refractivity contribution in [2.24, 2.45) is 0 Å². The quantitative estimate of drug-likeness (QED) is 0.880. The number of aromatic nitrogens is 3. The van der Waals surface area contributed by atoms with Crippen molar-refractivity contribution in [1.29, 1.82) is 0 Å². The third-order valence-corrected chi connectivity index (χ3v) is 4.30. The van der Waals surface area contributed by atoms with E-state index in [0.717, 1.165) is 26.2 Å². The number of halogens is 2. The van der Waals surface area contributed by atoms with Crippen LogP contribution in [0.3, 0.4) is 0 Å². The lowest BCUT2D eigenvalue weighted by Crippen LogP contribution is -2.41. The van der Waals surface area contributed by atoms with E-state index in [2.05, 4.69) is 20.5 Å². The monoisotopic (exact) mass is 349 g/mol. The van der Waals surface area contributed by atoms with Gasteiger partial charge in [-0.05, 0) is 38.3 Å². The maximum Gasteiger partial charge on any atom is 0.322 e. The summed E-state index contributed by atoms with van der Waals surface area (Å²) in [7, 11) is 0. The number of carbonyl (C=O) groups is 1. The first-order chi connectivity index (χ1) is 11.8. The van der Waals surface area contributed by atoms with Crippen LogP contribution in [0, 0.1) is 6.92 Å². The van der Waals surface area contributed by atoms with E-state index < -0.39 is 5.92 Å². The molecule has 8 heteroatoms. The molecule has 3 rings (SSSR count). The van der Waals surface area contributed by atoms with Gasteiger partial charge in [0.05, 0.1) is 6.04 Å². The molecule has 1 aromatic heterocycles. The molecule has 2 amide bonds. The summed E-state index contributed by atoms with van der Waals surface area (Å²) in [5.74, 6) is -1.68. The van der Waals surface area contributed by atoms with Gasteiger partial charge in [-0.3, -0.25) is 5.10 Å². The number of nitrogens with zero attached hydrogens (tertiary/aromatic N) is 3. The topological polar surface area (TPSA) is 73.9 Å². The zero-order valence-electron chi connectivity index (χ0n) is 14.2. The standard InChI is InChI=1S/C17H21F2N5O/c1-11-20-15(23-22-11)14-8-3-4-9-24(14)16(25)21-13-7-5-6-12(10-13)17(2,18)19/h5-7,10,14H,3-4,8-9H2,1-2H3,(H,21,25)(H,20,22,23)/t14-/m0/s1. The number of benzene rings is 1. The van der Waals surface area contributed by atoms with E-state index in [1.165, 1.54) is 18.2 Å². The molecule has 1 aromatic carbocycles. The number of H-pyrrole nitrogens is 1. The van der Waals surface area contributed by atoms with E-state index in [1.807, 2.05) is 0 Å². The first-order valence-electron chi connectivity index (χ1n) is 8.29. The molecule has 0 spiro atoms. The van der Waals surface area contributed by atoms with Crippen molar-refractivity contribution in [2.45, 2.75) is 45.1 Å². The first-order valence-corrected chi connectivity index (χ1v) is 8.29. The number of amides is 2. The fraction of sp³-hybridized carbons (Fsp3) is 0.471. The maximum atomic E-state index is 13.5. The van der Waals surface area contributed by atoms with Gasteiger partial charge in [0.2, 0.25) is 0 Å². The van der Waals surface area contributed by atoms with Gasteiger partial charge in [0.15, 0.2) is 5.82 Å². The largest absolute Gasteiger partial charge is 0.322 e. The Kier molecular flexibility index (Phi) is 4.69. The number of likely N-dealkylation sites (tertiary alicyclic amines) is 1. The van der Waals surface area contributed by atoms with E-state index >= 15 is 0 Å². The van der Waals surface area contributed by atoms with Crippen molar-refractivity contribution in [1.82, 2.24) is 20.1 Å². The molecule has 0 aliphatic carbocycles. The number of urea groups is 1. The average Bonchev–Trinajstić information content (AvgIpc) is 3.01. The number of rotatable bonds is 3. The number of hydrogen-bond acceptors (Lipinski definition) is 3. The van der Waals surface area contributed by atoms with Crippen LogP contribution in [0.4, 0.5) is 19.3 Å². The molecule has 25 heavy (non-hydrogen) atoms. The second kappa shape index (κ2) is 6.78. The molecule has 1 atom stereocenters. The number of anilines is 1. The molecule has 2 aromatic rings. The number of aromatic amines is 1. The number of aryl methyl sites for hydroxylation is 1. The van der Waals surface area contributed by atoms with Crippen LogP contribution in [-0.4, -0.2) is 32.7 Å². The van der Waals surface area contributed by atoms with Gasteiger partial charge in [0.25, 0.3) is 5.92 Å². The van der Waals surface area contributed by atoms with Gasteiger partial charge < -0.3 is 10.2 Å². The van der Waals surface area contributed by atoms with Crippen molar-refractivity contribution in [2.75, 3.05) is 11.9 Å². The summed E-state index contributed by atoms with van der Waals surface area (Å²) in [6.45, 7) is 3.22. The minimum absolute atomic E-state index is 0.134. The lowest BCUT2D eigenvalue weighted by molar-refractivity contribution is 0.0175. The van der Waals surface area contributed by atoms with Crippen molar-refractivity contribution in [3.8, 4) is 0 Å². The Morgan fingerprint density at radius 2 is 2.20 bits per heavy atom. The predicted octanol–water partition coefficient (Wildman–Crippen LogP) is 3.98. The third-order valence-electron chi connectivity index (χ3n) is 4.30. The van der Waals surface area contributed by atoms with Gasteiger partial charge in [0, 0.05) is 24.7 Å². The molecule has 0 radical (unpaired) electrons. The van der Waals surface area contributed by atoms with Crippen LogP contribution in [0.25, 0.3) is 0 Å². The van der Waals surface area contributed by atoms with E-state index in [4.69, 9.17) is 0 Å². The summed E-state index contributed by atoms with van der Waals surface area (Å²) >= 11 is 0. The molecule has 0 saturated carbocycles. The molecule has 2 heterocycles. The summed E-state index contributed by atoms with van der Waals surface area (Å²) < 4.78 is 26.9. The summed E-state index contributed by atoms with van der Waals surface area (Å²) in [5, 5.41) is 9.68. The highest BCUT2D eigenvalue weighted by Gasteiger charge is 2.31. The molecule has 1 aliphatic heterocycles. The number of hydrogen-bond donors (Lipinski definition) is 2. The molecule has 0 bridgehead atoms. The van der Waals surface area contributed by atoms with Gasteiger partial charge in [0.1, 0.15) is 5.82 Å². The molecule has 0 unspecified atom stereocenters. The van der Waals surface area contributed by atoms with E-state index in [1.54, 1.807) is 17.9 Å². The second-order valence-corrected chi connectivity index (χ2v) is 6.38. The zero-order chi connectivity index (χ0) is 18.0. The Morgan fingerprint density at radius 3 is 2.88 bits per heavy atom. The Hall–Kier alpha value is -2.51. The van der Waals surface area contributed by atoms with Gasteiger partial charge in [-0.2, -0.15) is 5.10 Å². The van der Waals surface area contributed by atoms with E-state index in [-0.39, 0.29) is 17.6 Å². The van der Waals surface area contributed by atoms with Gasteiger partial charge >= 0.3 is 6.03 Å². The Bertz CT molecular complexity index is 755. The Morgan fingerprint density at radius 1 is 1.40 bits per heavy atom. The number of piperidine rings is 1. The average molecular weight is 349 g/mol. The van der Waals surface area contributed by atoms with Crippen molar-refractivity contribution < 1.29 is 13.6 Å². The highest BCUT2D eigenvalue weighted by atomic mass is 19.3. The molecule has 134 valence electrons. The normalized spacial score (nSPS) is 18.2. The van der Waals surface area contributed by atoms with Crippen LogP contribution in [0.5, 0.6) is 0 Å². The molecule has 1 fully saturated rings. The number of carbonyl (C=O) groups excluding carboxylic acids is 1. The van der Waals surface area contributed by atoms with Gasteiger partial charge in [-0.15, -0.1) is 0 Å². The Balaban J connectivity index is 1.77. The summed E-state index contributed by atoms with van der Waals surface area (Å²) in [6, 6.07) is 5.21. The predicted molar refractivity (Wildman–Crippen MR) is 89.4 cm³/mol. The van der Waals surface area contributed by atoms with Crippen LogP contribution in [0.15, 0.2) is 24.3 Å². The maximum absolute atomic E-state index is 13.5. The molecule has 6 nitrogen and oxygen atoms in total. The van der Waals surface area contributed by atoms with Crippen molar-refractivity contribution in [3.63, 3.8) is 0 Å². The van der Waals surface area contributed by atoms with Gasteiger partial charge in [-0.1, -0.05) is 12.1 Å². The summed E-state index contributed by atoms with van der Waals surface area (Å²) in [6.07, 6.45) is 2.65. The fourth-order valence-electron chi connectivity index (χ4n) is 3.02. The molecule has 1 aliphatic rings. The van der Waals surface area contributed by atoms with Crippen molar-refractivity contribution in [3.05, 3.63) is 41.5 Å². The van der Waals surface area contributed by atoms with Crippen LogP contribution >= 0.6 is 0 Å².